The van der Waals surface area contributed by atoms with Crippen molar-refractivity contribution in [2.24, 2.45) is 0 Å². The normalized spacial score (nSPS) is 13.8. The molecule has 0 atom stereocenters. The van der Waals surface area contributed by atoms with Crippen LogP contribution in [0.15, 0.2) is 53.9 Å². The minimum absolute atomic E-state index is 0.364. The molecule has 0 fully saturated rings. The van der Waals surface area contributed by atoms with E-state index in [0.717, 1.165) is 22.5 Å². The first-order valence-electron chi connectivity index (χ1n) is 8.28. The molecule has 2 rings (SSSR count). The first-order valence-corrected chi connectivity index (χ1v) is 8.28. The summed E-state index contributed by atoms with van der Waals surface area (Å²) in [7, 11) is 0. The maximum absolute atomic E-state index is 14.4. The molecule has 0 radical (unpaired) electrons. The highest BCUT2D eigenvalue weighted by Gasteiger charge is 2.10. The van der Waals surface area contributed by atoms with Gasteiger partial charge in [0.05, 0.1) is 0 Å². The number of carboxylic acids is 1. The second kappa shape index (κ2) is 7.51. The number of nitrogens with zero attached hydrogens (tertiary/aromatic N) is 1. The van der Waals surface area contributed by atoms with Crippen LogP contribution in [0.2, 0.25) is 0 Å². The number of carbonyl (C=O) groups is 1. The van der Waals surface area contributed by atoms with Crippen LogP contribution in [-0.4, -0.2) is 15.6 Å². The number of aromatic nitrogens is 1. The molecule has 4 heteroatoms. The van der Waals surface area contributed by atoms with Crippen molar-refractivity contribution in [2.45, 2.75) is 40.7 Å². The first-order chi connectivity index (χ1) is 11.7. The standard InChI is InChI=1S/C21H24FNO2/c1-13(2)23-15(4)11-18-12-17(7-9-20(18)23)16(5)19(22)8-6-14(3)10-21(24)25/h6-13H,1-5H3,(H,24,25). The number of benzene rings is 1. The summed E-state index contributed by atoms with van der Waals surface area (Å²) >= 11 is 0. The van der Waals surface area contributed by atoms with Gasteiger partial charge in [0, 0.05) is 28.7 Å². The van der Waals surface area contributed by atoms with Gasteiger partial charge < -0.3 is 9.67 Å². The topological polar surface area (TPSA) is 42.2 Å². The summed E-state index contributed by atoms with van der Waals surface area (Å²) in [4.78, 5) is 10.6. The second-order valence-corrected chi connectivity index (χ2v) is 6.56. The van der Waals surface area contributed by atoms with E-state index in [1.165, 1.54) is 17.8 Å². The number of halogens is 1. The predicted octanol–water partition coefficient (Wildman–Crippen LogP) is 5.82. The molecule has 0 saturated heterocycles. The largest absolute Gasteiger partial charge is 0.478 e. The average Bonchev–Trinajstić information content (AvgIpc) is 2.86. The third-order valence-corrected chi connectivity index (χ3v) is 4.18. The van der Waals surface area contributed by atoms with E-state index in [4.69, 9.17) is 5.11 Å². The maximum atomic E-state index is 14.4. The molecule has 25 heavy (non-hydrogen) atoms. The van der Waals surface area contributed by atoms with Crippen molar-refractivity contribution in [3.63, 3.8) is 0 Å². The lowest BCUT2D eigenvalue weighted by Crippen LogP contribution is -2.01. The predicted molar refractivity (Wildman–Crippen MR) is 101 cm³/mol. The van der Waals surface area contributed by atoms with Gasteiger partial charge in [0.2, 0.25) is 0 Å². The van der Waals surface area contributed by atoms with E-state index >= 15 is 0 Å². The molecule has 1 aromatic carbocycles. The Morgan fingerprint density at radius 1 is 1.20 bits per heavy atom. The van der Waals surface area contributed by atoms with Gasteiger partial charge in [-0.1, -0.05) is 12.1 Å². The minimum Gasteiger partial charge on any atom is -0.478 e. The van der Waals surface area contributed by atoms with Crippen LogP contribution in [-0.2, 0) is 4.79 Å². The van der Waals surface area contributed by atoms with E-state index in [2.05, 4.69) is 31.4 Å². The highest BCUT2D eigenvalue weighted by Crippen LogP contribution is 2.28. The number of fused-ring (bicyclic) bond motifs is 1. The van der Waals surface area contributed by atoms with Crippen LogP contribution in [0, 0.1) is 6.92 Å². The van der Waals surface area contributed by atoms with Crippen molar-refractivity contribution < 1.29 is 14.3 Å². The van der Waals surface area contributed by atoms with Crippen LogP contribution < -0.4 is 0 Å². The van der Waals surface area contributed by atoms with Crippen LogP contribution in [0.1, 0.15) is 45.0 Å². The number of rotatable bonds is 5. The highest BCUT2D eigenvalue weighted by atomic mass is 19.1. The lowest BCUT2D eigenvalue weighted by molar-refractivity contribution is -0.131. The Morgan fingerprint density at radius 3 is 2.48 bits per heavy atom. The van der Waals surface area contributed by atoms with E-state index in [0.29, 0.717) is 17.2 Å². The number of aryl methyl sites for hydroxylation is 1. The molecule has 0 aliphatic rings. The number of hydrogen-bond acceptors (Lipinski definition) is 1. The van der Waals surface area contributed by atoms with E-state index in [1.54, 1.807) is 13.8 Å². The van der Waals surface area contributed by atoms with Crippen molar-refractivity contribution >= 4 is 22.4 Å². The van der Waals surface area contributed by atoms with Crippen LogP contribution in [0.5, 0.6) is 0 Å². The summed E-state index contributed by atoms with van der Waals surface area (Å²) < 4.78 is 16.7. The Labute approximate surface area is 147 Å². The summed E-state index contributed by atoms with van der Waals surface area (Å²) in [6, 6.07) is 8.41. The van der Waals surface area contributed by atoms with Gasteiger partial charge in [-0.05, 0) is 75.6 Å². The van der Waals surface area contributed by atoms with Crippen molar-refractivity contribution in [2.75, 3.05) is 0 Å². The van der Waals surface area contributed by atoms with Gasteiger partial charge in [0.15, 0.2) is 0 Å². The molecule has 3 nitrogen and oxygen atoms in total. The van der Waals surface area contributed by atoms with Gasteiger partial charge in [-0.25, -0.2) is 9.18 Å². The Bertz CT molecular complexity index is 898. The molecule has 0 bridgehead atoms. The fourth-order valence-corrected chi connectivity index (χ4v) is 3.00. The fraction of sp³-hybridized carbons (Fsp3) is 0.286. The summed E-state index contributed by atoms with van der Waals surface area (Å²) in [6.07, 6.45) is 3.81. The molecule has 132 valence electrons. The summed E-state index contributed by atoms with van der Waals surface area (Å²) in [6.45, 7) is 9.70. The molecular weight excluding hydrogens is 317 g/mol. The monoisotopic (exact) mass is 341 g/mol. The van der Waals surface area contributed by atoms with E-state index in [1.807, 2.05) is 18.2 Å². The van der Waals surface area contributed by atoms with E-state index in [-0.39, 0.29) is 5.83 Å². The van der Waals surface area contributed by atoms with Gasteiger partial charge in [0.25, 0.3) is 0 Å². The van der Waals surface area contributed by atoms with Gasteiger partial charge >= 0.3 is 5.97 Å². The zero-order valence-electron chi connectivity index (χ0n) is 15.3. The first kappa shape index (κ1) is 18.7. The van der Waals surface area contributed by atoms with Crippen LogP contribution in [0.4, 0.5) is 4.39 Å². The molecule has 0 amide bonds. The van der Waals surface area contributed by atoms with Crippen LogP contribution in [0.3, 0.4) is 0 Å². The van der Waals surface area contributed by atoms with Gasteiger partial charge in [-0.3, -0.25) is 0 Å². The molecule has 0 aliphatic heterocycles. The number of hydrogen-bond donors (Lipinski definition) is 1. The molecule has 2 aromatic rings. The number of aliphatic carboxylic acids is 1. The molecular formula is C21H24FNO2. The van der Waals surface area contributed by atoms with Crippen LogP contribution in [0.25, 0.3) is 16.5 Å². The molecule has 0 aliphatic carbocycles. The maximum Gasteiger partial charge on any atom is 0.328 e. The minimum atomic E-state index is -1.04. The summed E-state index contributed by atoms with van der Waals surface area (Å²) in [5.74, 6) is -1.42. The third kappa shape index (κ3) is 4.27. The van der Waals surface area contributed by atoms with Crippen molar-refractivity contribution in [3.8, 4) is 0 Å². The zero-order chi connectivity index (χ0) is 18.7. The number of carboxylic acid groups (broad SMARTS) is 1. The third-order valence-electron chi connectivity index (χ3n) is 4.18. The van der Waals surface area contributed by atoms with E-state index in [9.17, 15) is 9.18 Å². The Morgan fingerprint density at radius 2 is 1.88 bits per heavy atom. The number of allylic oxidation sites excluding steroid dienone is 5. The van der Waals surface area contributed by atoms with Gasteiger partial charge in [-0.15, -0.1) is 0 Å². The van der Waals surface area contributed by atoms with Crippen LogP contribution >= 0.6 is 0 Å². The summed E-state index contributed by atoms with van der Waals surface area (Å²) in [5, 5.41) is 9.77. The zero-order valence-corrected chi connectivity index (χ0v) is 15.3. The fourth-order valence-electron chi connectivity index (χ4n) is 3.00. The molecule has 1 N–H and O–H groups in total. The van der Waals surface area contributed by atoms with Gasteiger partial charge in [0.1, 0.15) is 5.83 Å². The lowest BCUT2D eigenvalue weighted by Gasteiger charge is -2.12. The molecule has 1 aromatic heterocycles. The Balaban J connectivity index is 2.40. The van der Waals surface area contributed by atoms with Crippen molar-refractivity contribution in [3.05, 3.63) is 65.2 Å². The van der Waals surface area contributed by atoms with Crippen molar-refractivity contribution in [1.82, 2.24) is 4.57 Å². The quantitative estimate of drug-likeness (QED) is 0.550. The second-order valence-electron chi connectivity index (χ2n) is 6.56. The highest BCUT2D eigenvalue weighted by molar-refractivity contribution is 5.86. The smallest absolute Gasteiger partial charge is 0.328 e. The average molecular weight is 341 g/mol. The molecule has 1 heterocycles. The SMILES string of the molecule is CC(C=CC(F)=C(C)c1ccc2c(c1)cc(C)n2C(C)C)=CC(=O)O. The summed E-state index contributed by atoms with van der Waals surface area (Å²) in [5.41, 5.74) is 4.14. The Hall–Kier alpha value is -2.62. The van der Waals surface area contributed by atoms with E-state index < -0.39 is 5.97 Å². The Kier molecular flexibility index (Phi) is 5.62. The molecule has 0 spiro atoms. The lowest BCUT2D eigenvalue weighted by atomic mass is 10.0. The molecule has 0 unspecified atom stereocenters. The van der Waals surface area contributed by atoms with Gasteiger partial charge in [-0.2, -0.15) is 0 Å². The van der Waals surface area contributed by atoms with Crippen molar-refractivity contribution in [1.29, 1.82) is 0 Å². The molecule has 0 saturated carbocycles.